The Labute approximate surface area is 252 Å². The van der Waals surface area contributed by atoms with Crippen molar-refractivity contribution >= 4 is 40.5 Å². The van der Waals surface area contributed by atoms with Crippen LogP contribution in [0.3, 0.4) is 0 Å². The quantitative estimate of drug-likeness (QED) is 0.170. The number of benzene rings is 3. The van der Waals surface area contributed by atoms with E-state index >= 15 is 0 Å². The number of aliphatic hydroxyl groups excluding tert-OH is 1. The number of halogens is 3. The summed E-state index contributed by atoms with van der Waals surface area (Å²) in [5.41, 5.74) is 3.93. The Hall–Kier alpha value is -2.50. The predicted molar refractivity (Wildman–Crippen MR) is 166 cm³/mol. The summed E-state index contributed by atoms with van der Waals surface area (Å²) in [5.74, 6) is 1.22. The molecule has 1 fully saturated rings. The molecule has 3 aromatic carbocycles. The number of hydrogen-bond acceptors (Lipinski definition) is 4. The molecule has 0 aromatic heterocycles. The molecule has 1 aliphatic rings. The van der Waals surface area contributed by atoms with Gasteiger partial charge in [-0.3, -0.25) is 5.41 Å². The van der Waals surface area contributed by atoms with E-state index in [2.05, 4.69) is 38.1 Å². The van der Waals surface area contributed by atoms with Crippen molar-refractivity contribution in [2.24, 2.45) is 5.92 Å². The lowest BCUT2D eigenvalue weighted by molar-refractivity contribution is 0.0191. The minimum absolute atomic E-state index is 0.0274. The highest BCUT2D eigenvalue weighted by atomic mass is 35.5. The van der Waals surface area contributed by atoms with Gasteiger partial charge in [0.2, 0.25) is 0 Å². The van der Waals surface area contributed by atoms with Crippen LogP contribution in [0.1, 0.15) is 74.6 Å². The van der Waals surface area contributed by atoms with Crippen molar-refractivity contribution < 1.29 is 14.6 Å². The second-order valence-electron chi connectivity index (χ2n) is 10.9. The van der Waals surface area contributed by atoms with Gasteiger partial charge >= 0.3 is 0 Å². The molecule has 3 atom stereocenters. The van der Waals surface area contributed by atoms with E-state index < -0.39 is 0 Å². The van der Waals surface area contributed by atoms with Gasteiger partial charge in [-0.15, -0.1) is 0 Å². The Morgan fingerprint density at radius 3 is 2.30 bits per heavy atom. The molecule has 3 aromatic rings. The van der Waals surface area contributed by atoms with E-state index in [1.54, 1.807) is 31.4 Å². The van der Waals surface area contributed by atoms with Gasteiger partial charge in [-0.1, -0.05) is 85.0 Å². The number of aliphatic hydroxyl groups is 1. The highest BCUT2D eigenvalue weighted by Gasteiger charge is 2.41. The van der Waals surface area contributed by atoms with E-state index in [0.29, 0.717) is 50.2 Å². The highest BCUT2D eigenvalue weighted by molar-refractivity contribution is 6.41. The maximum Gasteiger partial charge on any atom is 0.121 e. The van der Waals surface area contributed by atoms with Crippen molar-refractivity contribution in [1.82, 2.24) is 0 Å². The minimum Gasteiger partial charge on any atom is -0.512 e. The maximum atomic E-state index is 11.0. The zero-order chi connectivity index (χ0) is 29.2. The number of rotatable bonds is 11. The molecule has 0 amide bonds. The molecule has 0 aliphatic heterocycles. The van der Waals surface area contributed by atoms with Gasteiger partial charge in [-0.05, 0) is 79.5 Å². The number of hydrogen-bond donors (Lipinski definition) is 2. The average Bonchev–Trinajstić information content (AvgIpc) is 3.73. The minimum atomic E-state index is -0.346. The van der Waals surface area contributed by atoms with E-state index in [0.717, 1.165) is 17.5 Å². The molecule has 0 bridgehead atoms. The van der Waals surface area contributed by atoms with Crippen LogP contribution in [0.15, 0.2) is 72.0 Å². The summed E-state index contributed by atoms with van der Waals surface area (Å²) in [6.07, 6.45) is 1.73. The lowest BCUT2D eigenvalue weighted by Crippen LogP contribution is -2.19. The molecule has 0 spiro atoms. The number of nitrogens with one attached hydrogen (secondary N) is 1. The molecule has 1 saturated carbocycles. The molecular weight excluding hydrogens is 565 g/mol. The first-order valence-electron chi connectivity index (χ1n) is 13.5. The van der Waals surface area contributed by atoms with Crippen LogP contribution in [0.2, 0.25) is 15.1 Å². The maximum absolute atomic E-state index is 11.0. The SMILES string of the molecule is CCC(C)/C(O)=C(\COc1ccc(C2CC2c2cccc(C(C)(C)OC)c2)c(Cl)c1)C(=N)c1c(Cl)cccc1Cl. The van der Waals surface area contributed by atoms with Crippen LogP contribution in [0.4, 0.5) is 0 Å². The molecule has 0 saturated heterocycles. The summed E-state index contributed by atoms with van der Waals surface area (Å²) in [6, 6.07) is 19.4. The lowest BCUT2D eigenvalue weighted by Gasteiger charge is -2.24. The van der Waals surface area contributed by atoms with Crippen molar-refractivity contribution in [2.45, 2.75) is 58.0 Å². The van der Waals surface area contributed by atoms with Crippen molar-refractivity contribution in [3.05, 3.63) is 109 Å². The lowest BCUT2D eigenvalue weighted by atomic mass is 9.94. The topological polar surface area (TPSA) is 62.5 Å². The van der Waals surface area contributed by atoms with Crippen LogP contribution in [-0.2, 0) is 10.3 Å². The van der Waals surface area contributed by atoms with Crippen LogP contribution in [0.25, 0.3) is 0 Å². The Morgan fingerprint density at radius 1 is 1.00 bits per heavy atom. The van der Waals surface area contributed by atoms with Gasteiger partial charge in [0.05, 0.1) is 26.9 Å². The Bertz CT molecular complexity index is 1410. The number of allylic oxidation sites excluding steroid dienone is 1. The normalized spacial score (nSPS) is 18.2. The Morgan fingerprint density at radius 2 is 1.68 bits per heavy atom. The van der Waals surface area contributed by atoms with Gasteiger partial charge < -0.3 is 14.6 Å². The van der Waals surface area contributed by atoms with Gasteiger partial charge in [0.15, 0.2) is 0 Å². The van der Waals surface area contributed by atoms with Gasteiger partial charge in [-0.25, -0.2) is 0 Å². The smallest absolute Gasteiger partial charge is 0.121 e. The van der Waals surface area contributed by atoms with Crippen LogP contribution < -0.4 is 4.74 Å². The second kappa shape index (κ2) is 12.6. The molecule has 1 aliphatic carbocycles. The summed E-state index contributed by atoms with van der Waals surface area (Å²) < 4.78 is 11.7. The highest BCUT2D eigenvalue weighted by Crippen LogP contribution is 2.56. The largest absolute Gasteiger partial charge is 0.512 e. The number of ether oxygens (including phenoxy) is 2. The zero-order valence-electron chi connectivity index (χ0n) is 23.5. The van der Waals surface area contributed by atoms with Crippen molar-refractivity contribution in [3.63, 3.8) is 0 Å². The fourth-order valence-corrected chi connectivity index (χ4v) is 5.77. The van der Waals surface area contributed by atoms with Gasteiger partial charge in [0.1, 0.15) is 18.1 Å². The first kappa shape index (κ1) is 30.5. The number of methoxy groups -OCH3 is 1. The van der Waals surface area contributed by atoms with E-state index in [4.69, 9.17) is 49.7 Å². The van der Waals surface area contributed by atoms with Crippen LogP contribution in [0.5, 0.6) is 5.75 Å². The average molecular weight is 601 g/mol. The first-order valence-corrected chi connectivity index (χ1v) is 14.6. The van der Waals surface area contributed by atoms with Crippen molar-refractivity contribution in [1.29, 1.82) is 5.41 Å². The monoisotopic (exact) mass is 599 g/mol. The fraction of sp³-hybridized carbons (Fsp3) is 0.364. The second-order valence-corrected chi connectivity index (χ2v) is 12.1. The molecule has 40 heavy (non-hydrogen) atoms. The van der Waals surface area contributed by atoms with E-state index in [9.17, 15) is 5.11 Å². The molecule has 0 heterocycles. The molecule has 4 nitrogen and oxygen atoms in total. The first-order chi connectivity index (χ1) is 19.0. The molecule has 212 valence electrons. The standard InChI is InChI=1S/C33H36Cl3NO3/c1-6-19(2)32(38)26(31(37)30-27(34)11-8-12-28(30)35)18-40-22-13-14-23(29(36)16-22)25-17-24(25)20-9-7-10-21(15-20)33(3,4)39-5/h7-16,19,24-25,37-38H,6,17-18H2,1-5H3/b32-26-,37-31?. The Kier molecular flexibility index (Phi) is 9.57. The van der Waals surface area contributed by atoms with E-state index in [1.807, 2.05) is 26.0 Å². The molecule has 0 radical (unpaired) electrons. The molecular formula is C33H36Cl3NO3. The van der Waals surface area contributed by atoms with Crippen molar-refractivity contribution in [3.8, 4) is 5.75 Å². The van der Waals surface area contributed by atoms with E-state index in [-0.39, 0.29) is 29.6 Å². The van der Waals surface area contributed by atoms with Gasteiger partial charge in [0.25, 0.3) is 0 Å². The summed E-state index contributed by atoms with van der Waals surface area (Å²) >= 11 is 19.5. The molecule has 7 heteroatoms. The van der Waals surface area contributed by atoms with Gasteiger partial charge in [0, 0.05) is 23.6 Å². The molecule has 4 rings (SSSR count). The fourth-order valence-electron chi connectivity index (χ4n) is 4.88. The van der Waals surface area contributed by atoms with Crippen LogP contribution >= 0.6 is 34.8 Å². The van der Waals surface area contributed by atoms with Gasteiger partial charge in [-0.2, -0.15) is 0 Å². The predicted octanol–water partition coefficient (Wildman–Crippen LogP) is 10.1. The summed E-state index contributed by atoms with van der Waals surface area (Å²) in [4.78, 5) is 0. The van der Waals surface area contributed by atoms with E-state index in [1.165, 1.54) is 5.56 Å². The third-order valence-corrected chi connectivity index (χ3v) is 8.93. The summed E-state index contributed by atoms with van der Waals surface area (Å²) in [6.45, 7) is 7.99. The third-order valence-electron chi connectivity index (χ3n) is 7.97. The molecule has 3 unspecified atom stereocenters. The summed E-state index contributed by atoms with van der Waals surface area (Å²) in [7, 11) is 1.73. The van der Waals surface area contributed by atoms with Crippen LogP contribution in [0, 0.1) is 11.3 Å². The Balaban J connectivity index is 1.52. The summed E-state index contributed by atoms with van der Waals surface area (Å²) in [5, 5.41) is 21.2. The van der Waals surface area contributed by atoms with Crippen molar-refractivity contribution in [2.75, 3.05) is 13.7 Å². The third kappa shape index (κ3) is 6.52. The zero-order valence-corrected chi connectivity index (χ0v) is 25.8. The van der Waals surface area contributed by atoms with Crippen LogP contribution in [-0.4, -0.2) is 24.5 Å². The molecule has 2 N–H and O–H groups in total.